The number of furan rings is 2. The van der Waals surface area contributed by atoms with E-state index in [1.807, 2.05) is 6.07 Å². The summed E-state index contributed by atoms with van der Waals surface area (Å²) in [5.41, 5.74) is 14.1. The molecule has 0 aliphatic heterocycles. The number of rotatable bonds is 4. The number of hydrogen-bond donors (Lipinski definition) is 0. The van der Waals surface area contributed by atoms with E-state index >= 15 is 0 Å². The first kappa shape index (κ1) is 27.1. The van der Waals surface area contributed by atoms with Gasteiger partial charge < -0.3 is 13.7 Å². The molecule has 0 bridgehead atoms. The molecule has 1 aliphatic rings. The van der Waals surface area contributed by atoms with Crippen LogP contribution < -0.4 is 4.90 Å². The quantitative estimate of drug-likeness (QED) is 0.197. The second kappa shape index (κ2) is 9.97. The zero-order valence-electron chi connectivity index (χ0n) is 26.7. The molecule has 7 aromatic carbocycles. The van der Waals surface area contributed by atoms with Crippen LogP contribution in [0.4, 0.5) is 17.1 Å². The average Bonchev–Trinajstić information content (AvgIpc) is 3.75. The highest BCUT2D eigenvalue weighted by molar-refractivity contribution is 6.17. The monoisotopic (exact) mass is 617 g/mol. The Morgan fingerprint density at radius 2 is 1.12 bits per heavy atom. The van der Waals surface area contributed by atoms with Gasteiger partial charge in [-0.3, -0.25) is 0 Å². The van der Waals surface area contributed by atoms with Gasteiger partial charge in [0.15, 0.2) is 5.58 Å². The van der Waals surface area contributed by atoms with Gasteiger partial charge in [0.05, 0.1) is 5.69 Å². The van der Waals surface area contributed by atoms with E-state index in [-0.39, 0.29) is 5.41 Å². The molecule has 0 radical (unpaired) electrons. The Bertz CT molecular complexity index is 2700. The molecule has 3 heteroatoms. The van der Waals surface area contributed by atoms with Crippen LogP contribution in [0.5, 0.6) is 0 Å². The van der Waals surface area contributed by atoms with Crippen molar-refractivity contribution < 1.29 is 8.83 Å². The molecule has 2 heterocycles. The van der Waals surface area contributed by atoms with Gasteiger partial charge in [-0.2, -0.15) is 0 Å². The van der Waals surface area contributed by atoms with Crippen LogP contribution in [0.1, 0.15) is 25.0 Å². The van der Waals surface area contributed by atoms with Crippen LogP contribution in [0.25, 0.3) is 66.1 Å². The minimum absolute atomic E-state index is 0.103. The number of nitrogens with zero attached hydrogens (tertiary/aromatic N) is 1. The molecule has 1 aliphatic carbocycles. The molecule has 0 saturated heterocycles. The Morgan fingerprint density at radius 3 is 1.96 bits per heavy atom. The van der Waals surface area contributed by atoms with E-state index in [2.05, 4.69) is 164 Å². The van der Waals surface area contributed by atoms with Crippen LogP contribution in [0.2, 0.25) is 0 Å². The van der Waals surface area contributed by atoms with Crippen molar-refractivity contribution in [3.63, 3.8) is 0 Å². The topological polar surface area (TPSA) is 29.5 Å². The normalized spacial score (nSPS) is 13.4. The first-order valence-corrected chi connectivity index (χ1v) is 16.5. The molecule has 0 atom stereocenters. The van der Waals surface area contributed by atoms with Gasteiger partial charge in [-0.1, -0.05) is 111 Å². The zero-order valence-corrected chi connectivity index (χ0v) is 26.7. The van der Waals surface area contributed by atoms with Crippen LogP contribution in [-0.4, -0.2) is 0 Å². The number of para-hydroxylation sites is 2. The molecule has 228 valence electrons. The van der Waals surface area contributed by atoms with E-state index in [9.17, 15) is 0 Å². The van der Waals surface area contributed by atoms with Crippen LogP contribution in [0.15, 0.2) is 160 Å². The minimum Gasteiger partial charge on any atom is -0.456 e. The van der Waals surface area contributed by atoms with Crippen molar-refractivity contribution in [2.45, 2.75) is 19.3 Å². The molecule has 0 fully saturated rings. The fourth-order valence-corrected chi connectivity index (χ4v) is 7.87. The molecule has 0 unspecified atom stereocenters. The van der Waals surface area contributed by atoms with Gasteiger partial charge in [-0.05, 0) is 88.0 Å². The Hall–Kier alpha value is -6.06. The Morgan fingerprint density at radius 1 is 0.438 bits per heavy atom. The second-order valence-corrected chi connectivity index (χ2v) is 13.4. The summed E-state index contributed by atoms with van der Waals surface area (Å²) < 4.78 is 13.3. The van der Waals surface area contributed by atoms with Crippen molar-refractivity contribution in [1.82, 2.24) is 0 Å². The third kappa shape index (κ3) is 3.88. The maximum Gasteiger partial charge on any atom is 0.159 e. The smallest absolute Gasteiger partial charge is 0.159 e. The van der Waals surface area contributed by atoms with Gasteiger partial charge in [0.2, 0.25) is 0 Å². The molecule has 0 spiro atoms. The summed E-state index contributed by atoms with van der Waals surface area (Å²) in [5, 5.41) is 4.24. The number of hydrogen-bond acceptors (Lipinski definition) is 3. The maximum atomic E-state index is 6.83. The van der Waals surface area contributed by atoms with Crippen molar-refractivity contribution in [3.8, 4) is 22.3 Å². The predicted octanol–water partition coefficient (Wildman–Crippen LogP) is 12.9. The highest BCUT2D eigenvalue weighted by atomic mass is 16.3. The van der Waals surface area contributed by atoms with Crippen molar-refractivity contribution in [1.29, 1.82) is 0 Å². The van der Waals surface area contributed by atoms with Gasteiger partial charge >= 0.3 is 0 Å². The molecule has 2 aromatic heterocycles. The van der Waals surface area contributed by atoms with Crippen LogP contribution >= 0.6 is 0 Å². The minimum atomic E-state index is -0.103. The summed E-state index contributed by atoms with van der Waals surface area (Å²) in [6, 6.07) is 53.9. The highest BCUT2D eigenvalue weighted by Crippen LogP contribution is 2.51. The molecule has 0 saturated carbocycles. The third-order valence-corrected chi connectivity index (χ3v) is 10.3. The summed E-state index contributed by atoms with van der Waals surface area (Å²) >= 11 is 0. The van der Waals surface area contributed by atoms with Gasteiger partial charge in [-0.15, -0.1) is 0 Å². The van der Waals surface area contributed by atoms with E-state index in [0.717, 1.165) is 66.5 Å². The average molecular weight is 618 g/mol. The molecular formula is C45H31NO2. The largest absolute Gasteiger partial charge is 0.456 e. The summed E-state index contributed by atoms with van der Waals surface area (Å²) in [7, 11) is 0. The lowest BCUT2D eigenvalue weighted by Crippen LogP contribution is -2.16. The zero-order chi connectivity index (χ0) is 32.0. The molecule has 9 aromatic rings. The SMILES string of the molecule is CC1(C)c2ccccc2-c2ccc(N(c3ccccc3)c3cccc4c3oc3cc5c(cc34)oc3cc(-c4ccccc4)ccc35)cc21. The number of benzene rings is 7. The fraction of sp³-hybridized carbons (Fsp3) is 0.0667. The van der Waals surface area contributed by atoms with Gasteiger partial charge in [0.25, 0.3) is 0 Å². The van der Waals surface area contributed by atoms with E-state index in [0.29, 0.717) is 0 Å². The van der Waals surface area contributed by atoms with Crippen molar-refractivity contribution in [2.75, 3.05) is 4.90 Å². The first-order valence-electron chi connectivity index (χ1n) is 16.5. The lowest BCUT2D eigenvalue weighted by atomic mass is 9.82. The van der Waals surface area contributed by atoms with E-state index in [1.54, 1.807) is 0 Å². The van der Waals surface area contributed by atoms with Crippen LogP contribution in [-0.2, 0) is 5.41 Å². The lowest BCUT2D eigenvalue weighted by molar-refractivity contribution is 0.660. The lowest BCUT2D eigenvalue weighted by Gasteiger charge is -2.28. The number of fused-ring (bicyclic) bond motifs is 9. The molecule has 0 amide bonds. The number of anilines is 3. The van der Waals surface area contributed by atoms with E-state index in [4.69, 9.17) is 8.83 Å². The Balaban J connectivity index is 1.15. The van der Waals surface area contributed by atoms with Crippen molar-refractivity contribution in [3.05, 3.63) is 163 Å². The maximum absolute atomic E-state index is 6.83. The summed E-state index contributed by atoms with van der Waals surface area (Å²) in [4.78, 5) is 2.33. The molecule has 10 rings (SSSR count). The highest BCUT2D eigenvalue weighted by Gasteiger charge is 2.36. The summed E-state index contributed by atoms with van der Waals surface area (Å²) in [5.74, 6) is 0. The van der Waals surface area contributed by atoms with Gasteiger partial charge in [0.1, 0.15) is 16.7 Å². The van der Waals surface area contributed by atoms with Crippen LogP contribution in [0, 0.1) is 0 Å². The molecule has 48 heavy (non-hydrogen) atoms. The Kier molecular flexibility index (Phi) is 5.63. The Labute approximate surface area is 278 Å². The molecular weight excluding hydrogens is 587 g/mol. The third-order valence-electron chi connectivity index (χ3n) is 10.3. The summed E-state index contributed by atoms with van der Waals surface area (Å²) in [6.07, 6.45) is 0. The molecule has 0 N–H and O–H groups in total. The fourth-order valence-electron chi connectivity index (χ4n) is 7.87. The van der Waals surface area contributed by atoms with E-state index < -0.39 is 0 Å². The van der Waals surface area contributed by atoms with Crippen LogP contribution in [0.3, 0.4) is 0 Å². The van der Waals surface area contributed by atoms with Gasteiger partial charge in [-0.25, -0.2) is 0 Å². The van der Waals surface area contributed by atoms with Gasteiger partial charge in [0, 0.05) is 38.3 Å². The molecule has 3 nitrogen and oxygen atoms in total. The predicted molar refractivity (Wildman–Crippen MR) is 199 cm³/mol. The standard InChI is InChI=1S/C45H31NO2/c1-45(2)38-18-10-9-16-32(38)33-23-21-31(25-39(33)45)46(30-14-7-4-8-15-30)40-19-11-17-35-37-27-42-36(26-43(37)48-44(35)40)34-22-20-29(24-41(34)47-42)28-12-5-3-6-13-28/h3-27H,1-2H3. The van der Waals surface area contributed by atoms with Crippen molar-refractivity contribution in [2.24, 2.45) is 0 Å². The first-order chi connectivity index (χ1) is 23.5. The van der Waals surface area contributed by atoms with E-state index in [1.165, 1.54) is 27.8 Å². The van der Waals surface area contributed by atoms with Crippen molar-refractivity contribution >= 4 is 60.9 Å². The second-order valence-electron chi connectivity index (χ2n) is 13.4. The summed E-state index contributed by atoms with van der Waals surface area (Å²) in [6.45, 7) is 4.66.